The number of fused-ring (bicyclic) bond motifs is 1. The molecule has 2 aliphatic heterocycles. The van der Waals surface area contributed by atoms with E-state index in [2.05, 4.69) is 49.0 Å². The zero-order valence-corrected chi connectivity index (χ0v) is 15.7. The zero-order valence-electron chi connectivity index (χ0n) is 15.0. The Labute approximate surface area is 162 Å². The third-order valence-electron chi connectivity index (χ3n) is 5.29. The molecule has 2 aromatic heterocycles. The van der Waals surface area contributed by atoms with Crippen LogP contribution in [0, 0.1) is 0 Å². The van der Waals surface area contributed by atoms with Gasteiger partial charge in [0.2, 0.25) is 5.28 Å². The molecule has 0 saturated carbocycles. The summed E-state index contributed by atoms with van der Waals surface area (Å²) < 4.78 is 7.78. The van der Waals surface area contributed by atoms with Gasteiger partial charge in [-0.15, -0.1) is 0 Å². The summed E-state index contributed by atoms with van der Waals surface area (Å²) in [6.45, 7) is 4.37. The van der Waals surface area contributed by atoms with E-state index in [1.807, 2.05) is 10.6 Å². The minimum Gasteiger partial charge on any atom is -0.368 e. The van der Waals surface area contributed by atoms with Gasteiger partial charge < -0.3 is 14.5 Å². The van der Waals surface area contributed by atoms with Crippen LogP contribution in [0.3, 0.4) is 0 Å². The molecule has 8 heteroatoms. The predicted molar refractivity (Wildman–Crippen MR) is 105 cm³/mol. The summed E-state index contributed by atoms with van der Waals surface area (Å²) in [7, 11) is 0. The predicted octanol–water partition coefficient (Wildman–Crippen LogP) is 3.12. The molecule has 0 spiro atoms. The van der Waals surface area contributed by atoms with Gasteiger partial charge in [0.1, 0.15) is 6.23 Å². The van der Waals surface area contributed by atoms with Crippen LogP contribution >= 0.6 is 11.6 Å². The monoisotopic (exact) mass is 384 g/mol. The van der Waals surface area contributed by atoms with Crippen molar-refractivity contribution >= 4 is 34.3 Å². The lowest BCUT2D eigenvalue weighted by molar-refractivity contribution is 0.0593. The molecule has 0 amide bonds. The van der Waals surface area contributed by atoms with Crippen molar-refractivity contribution in [2.75, 3.05) is 42.6 Å². The summed E-state index contributed by atoms with van der Waals surface area (Å²) in [4.78, 5) is 18.2. The highest BCUT2D eigenvalue weighted by Gasteiger charge is 2.25. The van der Waals surface area contributed by atoms with Crippen LogP contribution in [0.15, 0.2) is 36.7 Å². The number of anilines is 2. The van der Waals surface area contributed by atoms with Crippen molar-refractivity contribution in [3.8, 4) is 0 Å². The summed E-state index contributed by atoms with van der Waals surface area (Å²) >= 11 is 6.26. The largest absolute Gasteiger partial charge is 0.368 e. The van der Waals surface area contributed by atoms with Crippen molar-refractivity contribution in [3.05, 3.63) is 41.9 Å². The highest BCUT2D eigenvalue weighted by Crippen LogP contribution is 2.31. The van der Waals surface area contributed by atoms with Crippen molar-refractivity contribution in [2.45, 2.75) is 19.1 Å². The van der Waals surface area contributed by atoms with E-state index in [1.54, 1.807) is 6.33 Å². The van der Waals surface area contributed by atoms with E-state index in [-0.39, 0.29) is 11.5 Å². The molecule has 0 radical (unpaired) electrons. The highest BCUT2D eigenvalue weighted by atomic mass is 35.5. The standard InChI is InChI=1S/C19H21ClN6O/c20-19-22-17(16-18(23-19)26(13-21-16)15-7-4-12-27-15)25-10-8-24(9-11-25)14-5-2-1-3-6-14/h1-3,5-6,13,15H,4,7-12H2/t15-/m0/s1. The van der Waals surface area contributed by atoms with Crippen molar-refractivity contribution in [2.24, 2.45) is 0 Å². The fourth-order valence-corrected chi connectivity index (χ4v) is 4.06. The molecular weight excluding hydrogens is 364 g/mol. The van der Waals surface area contributed by atoms with Crippen LogP contribution < -0.4 is 9.80 Å². The van der Waals surface area contributed by atoms with E-state index in [0.717, 1.165) is 62.6 Å². The van der Waals surface area contributed by atoms with Gasteiger partial charge in [-0.25, -0.2) is 4.98 Å². The van der Waals surface area contributed by atoms with E-state index >= 15 is 0 Å². The van der Waals surface area contributed by atoms with Crippen LogP contribution in [0.4, 0.5) is 11.5 Å². The van der Waals surface area contributed by atoms with Crippen LogP contribution in [-0.2, 0) is 4.74 Å². The van der Waals surface area contributed by atoms with Crippen molar-refractivity contribution in [3.63, 3.8) is 0 Å². The second-order valence-corrected chi connectivity index (χ2v) is 7.26. The molecule has 5 rings (SSSR count). The molecule has 4 heterocycles. The topological polar surface area (TPSA) is 59.3 Å². The number of hydrogen-bond donors (Lipinski definition) is 0. The second-order valence-electron chi connectivity index (χ2n) is 6.92. The number of hydrogen-bond acceptors (Lipinski definition) is 6. The zero-order chi connectivity index (χ0) is 18.2. The van der Waals surface area contributed by atoms with Gasteiger partial charge in [0.05, 0.1) is 6.33 Å². The lowest BCUT2D eigenvalue weighted by Gasteiger charge is -2.36. The molecule has 0 bridgehead atoms. The normalized spacial score (nSPS) is 20.6. The number of halogens is 1. The molecular formula is C19H21ClN6O. The molecule has 1 aromatic carbocycles. The highest BCUT2D eigenvalue weighted by molar-refractivity contribution is 6.28. The van der Waals surface area contributed by atoms with E-state index in [0.29, 0.717) is 0 Å². The molecule has 1 atom stereocenters. The minimum absolute atomic E-state index is 0.0104. The minimum atomic E-state index is -0.0104. The quantitative estimate of drug-likeness (QED) is 0.647. The number of rotatable bonds is 3. The van der Waals surface area contributed by atoms with E-state index in [1.165, 1.54) is 5.69 Å². The fourth-order valence-electron chi connectivity index (χ4n) is 3.90. The third-order valence-corrected chi connectivity index (χ3v) is 5.46. The van der Waals surface area contributed by atoms with Gasteiger partial charge in [0, 0.05) is 38.5 Å². The molecule has 7 nitrogen and oxygen atoms in total. The molecule has 2 aliphatic rings. The summed E-state index contributed by atoms with van der Waals surface area (Å²) in [5.41, 5.74) is 2.80. The summed E-state index contributed by atoms with van der Waals surface area (Å²) in [5, 5.41) is 0.253. The number of ether oxygens (including phenoxy) is 1. The van der Waals surface area contributed by atoms with Crippen LogP contribution in [0.25, 0.3) is 11.2 Å². The van der Waals surface area contributed by atoms with Crippen molar-refractivity contribution in [1.82, 2.24) is 19.5 Å². The van der Waals surface area contributed by atoms with Gasteiger partial charge in [-0.1, -0.05) is 18.2 Å². The first-order chi connectivity index (χ1) is 13.3. The average molecular weight is 385 g/mol. The number of benzene rings is 1. The van der Waals surface area contributed by atoms with Crippen molar-refractivity contribution < 1.29 is 4.74 Å². The summed E-state index contributed by atoms with van der Waals surface area (Å²) in [6.07, 6.45) is 3.81. The lowest BCUT2D eigenvalue weighted by atomic mass is 10.2. The Morgan fingerprint density at radius 3 is 2.52 bits per heavy atom. The molecule has 0 aliphatic carbocycles. The van der Waals surface area contributed by atoms with E-state index in [4.69, 9.17) is 16.3 Å². The van der Waals surface area contributed by atoms with Gasteiger partial charge in [0.15, 0.2) is 17.0 Å². The first-order valence-corrected chi connectivity index (χ1v) is 9.74. The summed E-state index contributed by atoms with van der Waals surface area (Å²) in [6, 6.07) is 10.5. The number of nitrogens with zero attached hydrogens (tertiary/aromatic N) is 6. The van der Waals surface area contributed by atoms with Gasteiger partial charge in [-0.2, -0.15) is 9.97 Å². The first kappa shape index (κ1) is 16.8. The van der Waals surface area contributed by atoms with Gasteiger partial charge in [0.25, 0.3) is 0 Å². The maximum Gasteiger partial charge on any atom is 0.226 e. The van der Waals surface area contributed by atoms with Crippen LogP contribution in [0.2, 0.25) is 5.28 Å². The maximum absolute atomic E-state index is 6.26. The second kappa shape index (κ2) is 6.98. The Morgan fingerprint density at radius 2 is 1.78 bits per heavy atom. The maximum atomic E-state index is 6.26. The molecule has 2 saturated heterocycles. The van der Waals surface area contributed by atoms with Crippen LogP contribution in [-0.4, -0.2) is 52.3 Å². The van der Waals surface area contributed by atoms with Gasteiger partial charge in [-0.05, 0) is 36.6 Å². The Bertz CT molecular complexity index is 932. The van der Waals surface area contributed by atoms with E-state index in [9.17, 15) is 0 Å². The molecule has 2 fully saturated rings. The molecule has 0 N–H and O–H groups in total. The third kappa shape index (κ3) is 3.11. The number of imidazole rings is 1. The number of aromatic nitrogens is 4. The molecule has 3 aromatic rings. The summed E-state index contributed by atoms with van der Waals surface area (Å²) in [5.74, 6) is 0.814. The van der Waals surface area contributed by atoms with Gasteiger partial charge in [-0.3, -0.25) is 4.57 Å². The number of para-hydroxylation sites is 1. The van der Waals surface area contributed by atoms with Crippen LogP contribution in [0.1, 0.15) is 19.1 Å². The SMILES string of the molecule is Clc1nc(N2CCN(c3ccccc3)CC2)c2ncn([C@@H]3CCCO3)c2n1. The Hall–Kier alpha value is -2.38. The molecule has 0 unspecified atom stereocenters. The first-order valence-electron chi connectivity index (χ1n) is 9.36. The lowest BCUT2D eigenvalue weighted by Crippen LogP contribution is -2.47. The fraction of sp³-hybridized carbons (Fsp3) is 0.421. The van der Waals surface area contributed by atoms with Gasteiger partial charge >= 0.3 is 0 Å². The Balaban J connectivity index is 1.42. The molecule has 140 valence electrons. The van der Waals surface area contributed by atoms with E-state index < -0.39 is 0 Å². The smallest absolute Gasteiger partial charge is 0.226 e. The average Bonchev–Trinajstić information content (AvgIpc) is 3.38. The number of piperazine rings is 1. The Kier molecular flexibility index (Phi) is 4.33. The van der Waals surface area contributed by atoms with Crippen LogP contribution in [0.5, 0.6) is 0 Å². The molecule has 27 heavy (non-hydrogen) atoms. The van der Waals surface area contributed by atoms with Crippen molar-refractivity contribution in [1.29, 1.82) is 0 Å². The Morgan fingerprint density at radius 1 is 1.00 bits per heavy atom.